The molecule has 0 aliphatic heterocycles. The van der Waals surface area contributed by atoms with Gasteiger partial charge in [0.15, 0.2) is 0 Å². The maximum atomic E-state index is 11.5. The van der Waals surface area contributed by atoms with E-state index in [0.29, 0.717) is 11.3 Å². The molecule has 0 atom stereocenters. The van der Waals surface area contributed by atoms with Gasteiger partial charge in [-0.3, -0.25) is 4.79 Å². The predicted octanol–water partition coefficient (Wildman–Crippen LogP) is 2.16. The van der Waals surface area contributed by atoms with Gasteiger partial charge in [-0.25, -0.2) is 12.7 Å². The summed E-state index contributed by atoms with van der Waals surface area (Å²) in [7, 11) is -0.0566. The summed E-state index contributed by atoms with van der Waals surface area (Å²) in [4.78, 5) is 11.1. The van der Waals surface area contributed by atoms with Crippen LogP contribution in [0, 0.1) is 5.92 Å². The second kappa shape index (κ2) is 8.34. The first-order valence-corrected chi connectivity index (χ1v) is 8.87. The molecule has 0 spiro atoms. The summed E-state index contributed by atoms with van der Waals surface area (Å²) in [5.74, 6) is 0.0912. The number of sulfonamides is 1. The number of nitrogens with two attached hydrogens (primary N) is 1. The third kappa shape index (κ3) is 5.63. The van der Waals surface area contributed by atoms with Crippen molar-refractivity contribution >= 4 is 15.9 Å². The molecule has 0 unspecified atom stereocenters. The lowest BCUT2D eigenvalue weighted by molar-refractivity contribution is -0.122. The van der Waals surface area contributed by atoms with Gasteiger partial charge >= 0.3 is 0 Å². The first-order chi connectivity index (χ1) is 9.85. The Bertz CT molecular complexity index is 501. The van der Waals surface area contributed by atoms with Crippen LogP contribution >= 0.6 is 0 Å². The van der Waals surface area contributed by atoms with Crippen LogP contribution in [0.5, 0.6) is 0 Å². The molecular formula is C15H26N2O3S. The van der Waals surface area contributed by atoms with Crippen LogP contribution in [0.1, 0.15) is 44.9 Å². The number of rotatable bonds is 3. The molecule has 0 aromatic heterocycles. The van der Waals surface area contributed by atoms with E-state index in [4.69, 9.17) is 5.73 Å². The lowest BCUT2D eigenvalue weighted by atomic mass is 9.89. The Kier molecular flexibility index (Phi) is 7.11. The highest BCUT2D eigenvalue weighted by Crippen LogP contribution is 2.22. The van der Waals surface area contributed by atoms with Gasteiger partial charge in [-0.2, -0.15) is 0 Å². The van der Waals surface area contributed by atoms with Gasteiger partial charge in [0.2, 0.25) is 15.9 Å². The molecule has 0 radical (unpaired) electrons. The monoisotopic (exact) mass is 314 g/mol. The Morgan fingerprint density at radius 1 is 1.24 bits per heavy atom. The number of nitrogens with zero attached hydrogens (tertiary/aromatic N) is 1. The van der Waals surface area contributed by atoms with Gasteiger partial charge in [-0.1, -0.05) is 31.4 Å². The fourth-order valence-electron chi connectivity index (χ4n) is 2.42. The maximum absolute atomic E-state index is 11.5. The Hall–Kier alpha value is -1.14. The Morgan fingerprint density at radius 3 is 2.24 bits per heavy atom. The molecule has 0 heterocycles. The second-order valence-electron chi connectivity index (χ2n) is 5.62. The van der Waals surface area contributed by atoms with Crippen molar-refractivity contribution in [3.05, 3.63) is 23.1 Å². The third-order valence-electron chi connectivity index (χ3n) is 3.80. The van der Waals surface area contributed by atoms with Crippen molar-refractivity contribution in [2.75, 3.05) is 14.1 Å². The molecule has 5 nitrogen and oxygen atoms in total. The number of hydrogen-bond acceptors (Lipinski definition) is 3. The van der Waals surface area contributed by atoms with Crippen LogP contribution < -0.4 is 5.73 Å². The molecule has 2 rings (SSSR count). The van der Waals surface area contributed by atoms with E-state index in [0.717, 1.165) is 19.3 Å². The van der Waals surface area contributed by atoms with Crippen molar-refractivity contribution in [2.45, 2.75) is 44.9 Å². The zero-order valence-electron chi connectivity index (χ0n) is 12.9. The van der Waals surface area contributed by atoms with Gasteiger partial charge in [0.25, 0.3) is 0 Å². The summed E-state index contributed by atoms with van der Waals surface area (Å²) in [5.41, 5.74) is 5.13. The molecule has 2 aliphatic carbocycles. The molecule has 2 N–H and O–H groups in total. The smallest absolute Gasteiger partial charge is 0.238 e. The second-order valence-corrected chi connectivity index (χ2v) is 7.83. The van der Waals surface area contributed by atoms with E-state index in [9.17, 15) is 13.2 Å². The largest absolute Gasteiger partial charge is 0.369 e. The molecule has 0 bridgehead atoms. The molecule has 1 fully saturated rings. The number of carbonyl (C=O) groups excluding carboxylic acids is 1. The molecule has 2 aliphatic rings. The molecule has 21 heavy (non-hydrogen) atoms. The van der Waals surface area contributed by atoms with E-state index in [-0.39, 0.29) is 11.8 Å². The fraction of sp³-hybridized carbons (Fsp3) is 0.667. The van der Waals surface area contributed by atoms with Crippen molar-refractivity contribution < 1.29 is 13.2 Å². The molecule has 0 saturated heterocycles. The summed E-state index contributed by atoms with van der Waals surface area (Å²) >= 11 is 0. The molecule has 1 saturated carbocycles. The van der Waals surface area contributed by atoms with E-state index in [1.54, 1.807) is 26.2 Å². The normalized spacial score (nSPS) is 19.7. The van der Waals surface area contributed by atoms with E-state index in [1.807, 2.05) is 6.08 Å². The van der Waals surface area contributed by atoms with Gasteiger partial charge < -0.3 is 5.73 Å². The van der Waals surface area contributed by atoms with Crippen LogP contribution in [-0.2, 0) is 14.8 Å². The number of carbonyl (C=O) groups is 1. The van der Waals surface area contributed by atoms with Gasteiger partial charge in [-0.05, 0) is 31.8 Å². The number of amides is 1. The van der Waals surface area contributed by atoms with Gasteiger partial charge in [-0.15, -0.1) is 0 Å². The van der Waals surface area contributed by atoms with Crippen LogP contribution in [0.25, 0.3) is 0 Å². The highest BCUT2D eigenvalue weighted by molar-refractivity contribution is 7.93. The Balaban J connectivity index is 0.000000219. The van der Waals surface area contributed by atoms with Gasteiger partial charge in [0, 0.05) is 20.0 Å². The topological polar surface area (TPSA) is 80.5 Å². The Labute approximate surface area is 127 Å². The van der Waals surface area contributed by atoms with Crippen molar-refractivity contribution in [1.29, 1.82) is 0 Å². The first kappa shape index (κ1) is 17.9. The zero-order valence-corrected chi connectivity index (χ0v) is 13.7. The van der Waals surface area contributed by atoms with E-state index < -0.39 is 10.0 Å². The van der Waals surface area contributed by atoms with Crippen molar-refractivity contribution in [2.24, 2.45) is 11.7 Å². The van der Waals surface area contributed by atoms with Crippen molar-refractivity contribution in [1.82, 2.24) is 4.31 Å². The van der Waals surface area contributed by atoms with Gasteiger partial charge in [0.05, 0.1) is 4.91 Å². The van der Waals surface area contributed by atoms with Crippen LogP contribution in [0.4, 0.5) is 0 Å². The summed E-state index contributed by atoms with van der Waals surface area (Å²) < 4.78 is 24.3. The number of primary amides is 1. The van der Waals surface area contributed by atoms with Gasteiger partial charge in [0.1, 0.15) is 0 Å². The minimum atomic E-state index is -3.16. The lowest BCUT2D eigenvalue weighted by Crippen LogP contribution is -2.24. The molecular weight excluding hydrogens is 288 g/mol. The van der Waals surface area contributed by atoms with Crippen LogP contribution in [-0.4, -0.2) is 32.7 Å². The minimum absolute atomic E-state index is 0.102. The lowest BCUT2D eigenvalue weighted by Gasteiger charge is -2.17. The summed E-state index contributed by atoms with van der Waals surface area (Å²) in [6.45, 7) is 0. The quantitative estimate of drug-likeness (QED) is 0.867. The van der Waals surface area contributed by atoms with Crippen LogP contribution in [0.3, 0.4) is 0 Å². The fourth-order valence-corrected chi connectivity index (χ4v) is 3.51. The molecule has 0 aromatic carbocycles. The minimum Gasteiger partial charge on any atom is -0.369 e. The van der Waals surface area contributed by atoms with E-state index >= 15 is 0 Å². The maximum Gasteiger partial charge on any atom is 0.238 e. The standard InChI is InChI=1S/C8H13NO2S.C7H13NO/c1-9(2)12(10,11)8-6-4-3-5-7-8;8-7(9)6-4-2-1-3-5-6/h3-4,6H,5,7H2,1-2H3;6H,1-5H2,(H2,8,9). The number of hydrogen-bond donors (Lipinski definition) is 1. The summed E-state index contributed by atoms with van der Waals surface area (Å²) in [6.07, 6.45) is 12.6. The average molecular weight is 314 g/mol. The Morgan fingerprint density at radius 2 is 1.86 bits per heavy atom. The zero-order chi connectivity index (χ0) is 15.9. The highest BCUT2D eigenvalue weighted by Gasteiger charge is 2.20. The number of allylic oxidation sites excluding steroid dienone is 4. The molecule has 0 aromatic rings. The molecule has 120 valence electrons. The summed E-state index contributed by atoms with van der Waals surface area (Å²) in [6, 6.07) is 0. The summed E-state index contributed by atoms with van der Waals surface area (Å²) in [5, 5.41) is 0. The predicted molar refractivity (Wildman–Crippen MR) is 84.8 cm³/mol. The average Bonchev–Trinajstić information content (AvgIpc) is 2.49. The van der Waals surface area contributed by atoms with E-state index in [2.05, 4.69) is 0 Å². The third-order valence-corrected chi connectivity index (χ3v) is 5.76. The van der Waals surface area contributed by atoms with Crippen LogP contribution in [0.2, 0.25) is 0 Å². The SMILES string of the molecule is CN(C)S(=O)(=O)C1=CC=CCC1.NC(=O)C1CCCCC1. The highest BCUT2D eigenvalue weighted by atomic mass is 32.2. The molecule has 6 heteroatoms. The molecule has 1 amide bonds. The van der Waals surface area contributed by atoms with Crippen LogP contribution in [0.15, 0.2) is 23.1 Å². The van der Waals surface area contributed by atoms with E-state index in [1.165, 1.54) is 23.6 Å². The van der Waals surface area contributed by atoms with Crippen molar-refractivity contribution in [3.63, 3.8) is 0 Å². The van der Waals surface area contributed by atoms with Crippen molar-refractivity contribution in [3.8, 4) is 0 Å². The first-order valence-electron chi connectivity index (χ1n) is 7.43.